The predicted octanol–water partition coefficient (Wildman–Crippen LogP) is 2.87. The van der Waals surface area contributed by atoms with Crippen LogP contribution in [0.2, 0.25) is 0 Å². The van der Waals surface area contributed by atoms with E-state index < -0.39 is 5.97 Å². The molecule has 0 saturated heterocycles. The first-order valence-corrected chi connectivity index (χ1v) is 6.88. The molecule has 1 aromatic carbocycles. The molecule has 2 aromatic rings. The number of halogens is 1. The molecule has 0 unspecified atom stereocenters. The fourth-order valence-corrected chi connectivity index (χ4v) is 2.96. The van der Waals surface area contributed by atoms with Crippen molar-refractivity contribution in [1.82, 2.24) is 9.78 Å². The molecule has 0 aliphatic rings. The molecule has 0 saturated carbocycles. The lowest BCUT2D eigenvalue weighted by atomic mass is 10.1. The van der Waals surface area contributed by atoms with Crippen molar-refractivity contribution in [2.75, 3.05) is 14.2 Å². The van der Waals surface area contributed by atoms with Crippen LogP contribution in [0.25, 0.3) is 11.3 Å². The average Bonchev–Trinajstić information content (AvgIpc) is 2.81. The van der Waals surface area contributed by atoms with Gasteiger partial charge in [0.25, 0.3) is 0 Å². The third kappa shape index (κ3) is 2.61. The molecule has 0 radical (unpaired) electrons. The molecule has 2 rings (SSSR count). The number of carbonyl (C=O) groups is 1. The molecule has 1 aromatic heterocycles. The van der Waals surface area contributed by atoms with Gasteiger partial charge in [0.1, 0.15) is 11.5 Å². The van der Waals surface area contributed by atoms with E-state index in [1.807, 2.05) is 13.0 Å². The maximum atomic E-state index is 11.1. The lowest BCUT2D eigenvalue weighted by Crippen LogP contribution is -2.01. The van der Waals surface area contributed by atoms with Gasteiger partial charge in [-0.2, -0.15) is 5.10 Å². The minimum absolute atomic E-state index is 0.0147. The summed E-state index contributed by atoms with van der Waals surface area (Å²) in [5.41, 5.74) is 2.20. The summed E-state index contributed by atoms with van der Waals surface area (Å²) in [5, 5.41) is 13.0. The highest BCUT2D eigenvalue weighted by atomic mass is 79.9. The SMILES string of the molecule is COc1c(Br)cc(-c2cc(C(=O)O)nn2C)c(OC)c1C. The van der Waals surface area contributed by atoms with Crippen molar-refractivity contribution in [2.45, 2.75) is 6.92 Å². The summed E-state index contributed by atoms with van der Waals surface area (Å²) >= 11 is 3.45. The minimum atomic E-state index is -1.07. The summed E-state index contributed by atoms with van der Waals surface area (Å²) in [4.78, 5) is 11.1. The van der Waals surface area contributed by atoms with Gasteiger partial charge in [-0.1, -0.05) is 0 Å². The quantitative estimate of drug-likeness (QED) is 0.913. The summed E-state index contributed by atoms with van der Waals surface area (Å²) in [6, 6.07) is 3.34. The number of aromatic carboxylic acids is 1. The van der Waals surface area contributed by atoms with Gasteiger partial charge in [0.15, 0.2) is 5.69 Å². The van der Waals surface area contributed by atoms with E-state index in [9.17, 15) is 4.79 Å². The van der Waals surface area contributed by atoms with Gasteiger partial charge in [0.2, 0.25) is 0 Å². The standard InChI is InChI=1S/C14H15BrN2O4/c1-7-12(20-3)8(5-9(15)13(7)21-4)11-6-10(14(18)19)16-17(11)2/h5-6H,1-4H3,(H,18,19). The van der Waals surface area contributed by atoms with Crippen molar-refractivity contribution in [1.29, 1.82) is 0 Å². The number of carboxylic acid groups (broad SMARTS) is 1. The van der Waals surface area contributed by atoms with Crippen LogP contribution in [0.3, 0.4) is 0 Å². The van der Waals surface area contributed by atoms with E-state index in [4.69, 9.17) is 14.6 Å². The second-order valence-electron chi connectivity index (χ2n) is 4.44. The van der Waals surface area contributed by atoms with E-state index in [0.29, 0.717) is 17.2 Å². The van der Waals surface area contributed by atoms with Gasteiger partial charge in [0, 0.05) is 18.2 Å². The van der Waals surface area contributed by atoms with Crippen LogP contribution in [0.4, 0.5) is 0 Å². The van der Waals surface area contributed by atoms with E-state index in [2.05, 4.69) is 21.0 Å². The smallest absolute Gasteiger partial charge is 0.356 e. The molecule has 0 aliphatic carbocycles. The number of methoxy groups -OCH3 is 2. The lowest BCUT2D eigenvalue weighted by Gasteiger charge is -2.16. The fourth-order valence-electron chi connectivity index (χ4n) is 2.27. The summed E-state index contributed by atoms with van der Waals surface area (Å²) in [5.74, 6) is 0.228. The Bertz CT molecular complexity index is 709. The molecule has 1 heterocycles. The Hall–Kier alpha value is -2.02. The van der Waals surface area contributed by atoms with E-state index in [1.165, 1.54) is 10.7 Å². The van der Waals surface area contributed by atoms with Crippen LogP contribution in [0.1, 0.15) is 16.1 Å². The molecule has 7 heteroatoms. The summed E-state index contributed by atoms with van der Waals surface area (Å²) in [7, 11) is 4.83. The van der Waals surface area contributed by atoms with Gasteiger partial charge in [-0.3, -0.25) is 4.68 Å². The summed E-state index contributed by atoms with van der Waals surface area (Å²) < 4.78 is 13.1. The molecule has 0 spiro atoms. The van der Waals surface area contributed by atoms with E-state index in [1.54, 1.807) is 21.3 Å². The van der Waals surface area contributed by atoms with Gasteiger partial charge in [-0.05, 0) is 35.0 Å². The van der Waals surface area contributed by atoms with Crippen LogP contribution in [0.15, 0.2) is 16.6 Å². The highest BCUT2D eigenvalue weighted by molar-refractivity contribution is 9.10. The van der Waals surface area contributed by atoms with Gasteiger partial charge in [-0.15, -0.1) is 0 Å². The molecule has 6 nitrogen and oxygen atoms in total. The van der Waals surface area contributed by atoms with Gasteiger partial charge in [0.05, 0.1) is 24.4 Å². The maximum Gasteiger partial charge on any atom is 0.356 e. The number of aromatic nitrogens is 2. The monoisotopic (exact) mass is 354 g/mol. The predicted molar refractivity (Wildman–Crippen MR) is 81.1 cm³/mol. The van der Waals surface area contributed by atoms with Crippen molar-refractivity contribution < 1.29 is 19.4 Å². The first-order valence-electron chi connectivity index (χ1n) is 6.09. The second-order valence-corrected chi connectivity index (χ2v) is 5.30. The molecule has 1 N–H and O–H groups in total. The Morgan fingerprint density at radius 3 is 2.38 bits per heavy atom. The zero-order chi connectivity index (χ0) is 15.7. The highest BCUT2D eigenvalue weighted by Gasteiger charge is 2.20. The van der Waals surface area contributed by atoms with Gasteiger partial charge >= 0.3 is 5.97 Å². The summed E-state index contributed by atoms with van der Waals surface area (Å²) in [6.45, 7) is 1.88. The summed E-state index contributed by atoms with van der Waals surface area (Å²) in [6.07, 6.45) is 0. The van der Waals surface area contributed by atoms with E-state index in [-0.39, 0.29) is 5.69 Å². The van der Waals surface area contributed by atoms with Crippen molar-refractivity contribution in [3.05, 3.63) is 27.9 Å². The molecule has 0 atom stereocenters. The van der Waals surface area contributed by atoms with Crippen molar-refractivity contribution in [2.24, 2.45) is 7.05 Å². The zero-order valence-electron chi connectivity index (χ0n) is 12.1. The topological polar surface area (TPSA) is 73.6 Å². The zero-order valence-corrected chi connectivity index (χ0v) is 13.7. The van der Waals surface area contributed by atoms with Crippen molar-refractivity contribution >= 4 is 21.9 Å². The number of nitrogens with zero attached hydrogens (tertiary/aromatic N) is 2. The highest BCUT2D eigenvalue weighted by Crippen LogP contribution is 2.42. The Labute approximate surface area is 130 Å². The molecule has 0 aliphatic heterocycles. The third-order valence-corrected chi connectivity index (χ3v) is 3.79. The largest absolute Gasteiger partial charge is 0.496 e. The van der Waals surface area contributed by atoms with Gasteiger partial charge < -0.3 is 14.6 Å². The Balaban J connectivity index is 2.72. The maximum absolute atomic E-state index is 11.1. The van der Waals surface area contributed by atoms with Crippen molar-refractivity contribution in [3.8, 4) is 22.8 Å². The number of benzene rings is 1. The van der Waals surface area contributed by atoms with Crippen LogP contribution in [-0.2, 0) is 7.05 Å². The number of hydrogen-bond acceptors (Lipinski definition) is 4. The fraction of sp³-hybridized carbons (Fsp3) is 0.286. The molecule has 0 fully saturated rings. The van der Waals surface area contributed by atoms with Crippen LogP contribution in [0, 0.1) is 6.92 Å². The van der Waals surface area contributed by atoms with E-state index in [0.717, 1.165) is 15.6 Å². The minimum Gasteiger partial charge on any atom is -0.496 e. The first kappa shape index (κ1) is 15.4. The van der Waals surface area contributed by atoms with E-state index >= 15 is 0 Å². The number of ether oxygens (including phenoxy) is 2. The average molecular weight is 355 g/mol. The number of hydrogen-bond donors (Lipinski definition) is 1. The molecule has 0 amide bonds. The Morgan fingerprint density at radius 1 is 1.29 bits per heavy atom. The third-order valence-electron chi connectivity index (χ3n) is 3.20. The number of aryl methyl sites for hydroxylation is 1. The van der Waals surface area contributed by atoms with Crippen LogP contribution >= 0.6 is 15.9 Å². The number of carboxylic acids is 1. The molecule has 0 bridgehead atoms. The molecular formula is C14H15BrN2O4. The lowest BCUT2D eigenvalue weighted by molar-refractivity contribution is 0.0689. The normalized spacial score (nSPS) is 10.5. The van der Waals surface area contributed by atoms with Crippen molar-refractivity contribution in [3.63, 3.8) is 0 Å². The molecule has 21 heavy (non-hydrogen) atoms. The molecular weight excluding hydrogens is 340 g/mol. The molecule has 112 valence electrons. The second kappa shape index (κ2) is 5.77. The number of rotatable bonds is 4. The first-order chi connectivity index (χ1) is 9.90. The van der Waals surface area contributed by atoms with Crippen LogP contribution in [-0.4, -0.2) is 35.1 Å². The Kier molecular flexibility index (Phi) is 4.22. The Morgan fingerprint density at radius 2 is 1.90 bits per heavy atom. The van der Waals surface area contributed by atoms with Gasteiger partial charge in [-0.25, -0.2) is 4.79 Å². The van der Waals surface area contributed by atoms with Crippen LogP contribution in [0.5, 0.6) is 11.5 Å². The van der Waals surface area contributed by atoms with Crippen LogP contribution < -0.4 is 9.47 Å².